The van der Waals surface area contributed by atoms with Gasteiger partial charge in [-0.15, -0.1) is 22.7 Å². The van der Waals surface area contributed by atoms with Gasteiger partial charge >= 0.3 is 0 Å². The molecule has 1 aliphatic rings. The standard InChI is InChI=1S/C22H24N6OS2/c1-28-13-14(11-25-28)10-23-9-7-19(29)27-22-20(15-6-8-24-12-18(15)31-22)21-26-16-4-2-3-5-17(16)30-21/h2-5,11,13,23-24H,6-10,12H2,1H3,(H,27,29). The summed E-state index contributed by atoms with van der Waals surface area (Å²) in [5.41, 5.74) is 4.56. The number of anilines is 1. The molecular weight excluding hydrogens is 428 g/mol. The first-order valence-electron chi connectivity index (χ1n) is 10.4. The molecule has 0 aliphatic carbocycles. The number of thiazole rings is 1. The number of aromatic nitrogens is 3. The summed E-state index contributed by atoms with van der Waals surface area (Å²) in [5, 5.41) is 16.0. The van der Waals surface area contributed by atoms with Gasteiger partial charge in [-0.3, -0.25) is 9.48 Å². The van der Waals surface area contributed by atoms with Crippen LogP contribution in [-0.4, -0.2) is 33.8 Å². The van der Waals surface area contributed by atoms with E-state index in [0.717, 1.165) is 46.2 Å². The van der Waals surface area contributed by atoms with Crippen LogP contribution in [0.2, 0.25) is 0 Å². The Kier molecular flexibility index (Phi) is 5.82. The van der Waals surface area contributed by atoms with Crippen LogP contribution >= 0.6 is 22.7 Å². The number of rotatable bonds is 7. The van der Waals surface area contributed by atoms with E-state index in [4.69, 9.17) is 4.98 Å². The third-order valence-electron chi connectivity index (χ3n) is 5.31. The van der Waals surface area contributed by atoms with Gasteiger partial charge in [0.2, 0.25) is 5.91 Å². The van der Waals surface area contributed by atoms with Gasteiger partial charge in [0.1, 0.15) is 10.0 Å². The molecule has 1 aliphatic heterocycles. The summed E-state index contributed by atoms with van der Waals surface area (Å²) in [5.74, 6) is 0.0209. The number of carbonyl (C=O) groups is 1. The predicted octanol–water partition coefficient (Wildman–Crippen LogP) is 3.52. The molecule has 160 valence electrons. The molecular formula is C22H24N6OS2. The number of nitrogens with zero attached hydrogens (tertiary/aromatic N) is 3. The van der Waals surface area contributed by atoms with E-state index in [0.29, 0.717) is 19.5 Å². The van der Waals surface area contributed by atoms with Gasteiger partial charge < -0.3 is 16.0 Å². The highest BCUT2D eigenvalue weighted by atomic mass is 32.1. The van der Waals surface area contributed by atoms with Crippen LogP contribution in [0, 0.1) is 0 Å². The fourth-order valence-electron chi connectivity index (χ4n) is 3.82. The lowest BCUT2D eigenvalue weighted by Gasteiger charge is -2.13. The lowest BCUT2D eigenvalue weighted by molar-refractivity contribution is -0.116. The Morgan fingerprint density at radius 2 is 2.19 bits per heavy atom. The molecule has 5 rings (SSSR count). The summed E-state index contributed by atoms with van der Waals surface area (Å²) >= 11 is 3.37. The monoisotopic (exact) mass is 452 g/mol. The van der Waals surface area contributed by atoms with Crippen molar-refractivity contribution in [3.05, 3.63) is 52.7 Å². The van der Waals surface area contributed by atoms with Crippen molar-refractivity contribution in [3.63, 3.8) is 0 Å². The van der Waals surface area contributed by atoms with E-state index in [1.165, 1.54) is 15.1 Å². The van der Waals surface area contributed by atoms with E-state index in [1.807, 2.05) is 37.6 Å². The molecule has 31 heavy (non-hydrogen) atoms. The number of hydrogen-bond donors (Lipinski definition) is 3. The fraction of sp³-hybridized carbons (Fsp3) is 0.318. The van der Waals surface area contributed by atoms with Crippen LogP contribution in [0.5, 0.6) is 0 Å². The second-order valence-electron chi connectivity index (χ2n) is 7.62. The Bertz CT molecular complexity index is 1190. The Morgan fingerprint density at radius 1 is 1.29 bits per heavy atom. The average Bonchev–Trinajstić information content (AvgIpc) is 3.46. The Hall–Kier alpha value is -2.59. The zero-order chi connectivity index (χ0) is 21.2. The summed E-state index contributed by atoms with van der Waals surface area (Å²) in [4.78, 5) is 18.9. The molecule has 1 aromatic carbocycles. The minimum absolute atomic E-state index is 0.0209. The molecule has 0 atom stereocenters. The topological polar surface area (TPSA) is 83.9 Å². The molecule has 1 amide bonds. The van der Waals surface area contributed by atoms with Crippen LogP contribution in [0.25, 0.3) is 20.8 Å². The second kappa shape index (κ2) is 8.88. The summed E-state index contributed by atoms with van der Waals surface area (Å²) in [6.07, 6.45) is 5.18. The van der Waals surface area contributed by atoms with Crippen LogP contribution in [0.1, 0.15) is 22.4 Å². The number of hydrogen-bond acceptors (Lipinski definition) is 7. The molecule has 0 saturated heterocycles. The quantitative estimate of drug-likeness (QED) is 0.374. The number of thiophene rings is 1. The highest BCUT2D eigenvalue weighted by molar-refractivity contribution is 7.22. The van der Waals surface area contributed by atoms with Gasteiger partial charge in [0.05, 0.1) is 16.4 Å². The van der Waals surface area contributed by atoms with Gasteiger partial charge in [-0.25, -0.2) is 4.98 Å². The Labute approximate surface area is 188 Å². The lowest BCUT2D eigenvalue weighted by atomic mass is 10.0. The number of para-hydroxylation sites is 1. The van der Waals surface area contributed by atoms with Gasteiger partial charge in [-0.2, -0.15) is 5.10 Å². The molecule has 0 unspecified atom stereocenters. The maximum absolute atomic E-state index is 12.7. The van der Waals surface area contributed by atoms with Crippen molar-refractivity contribution in [2.75, 3.05) is 18.4 Å². The van der Waals surface area contributed by atoms with E-state index in [9.17, 15) is 4.79 Å². The van der Waals surface area contributed by atoms with Crippen LogP contribution < -0.4 is 16.0 Å². The molecule has 0 saturated carbocycles. The molecule has 4 aromatic rings. The van der Waals surface area contributed by atoms with Gasteiger partial charge in [0, 0.05) is 55.3 Å². The first-order chi connectivity index (χ1) is 15.2. The lowest BCUT2D eigenvalue weighted by Crippen LogP contribution is -2.22. The molecule has 3 N–H and O–H groups in total. The van der Waals surface area contributed by atoms with Crippen molar-refractivity contribution < 1.29 is 4.79 Å². The molecule has 0 radical (unpaired) electrons. The number of benzene rings is 1. The third-order valence-corrected chi connectivity index (χ3v) is 7.51. The average molecular weight is 453 g/mol. The summed E-state index contributed by atoms with van der Waals surface area (Å²) in [7, 11) is 1.90. The van der Waals surface area contributed by atoms with Crippen molar-refractivity contribution in [3.8, 4) is 10.6 Å². The number of amides is 1. The number of aryl methyl sites for hydroxylation is 1. The zero-order valence-electron chi connectivity index (χ0n) is 17.3. The summed E-state index contributed by atoms with van der Waals surface area (Å²) < 4.78 is 2.95. The number of fused-ring (bicyclic) bond motifs is 2. The van der Waals surface area contributed by atoms with Gasteiger partial charge in [0.25, 0.3) is 0 Å². The molecule has 0 bridgehead atoms. The first-order valence-corrected chi connectivity index (χ1v) is 12.0. The third kappa shape index (κ3) is 4.40. The first kappa shape index (κ1) is 20.3. The Balaban J connectivity index is 1.31. The van der Waals surface area contributed by atoms with Crippen molar-refractivity contribution in [1.82, 2.24) is 25.4 Å². The van der Waals surface area contributed by atoms with E-state index in [2.05, 4.69) is 27.1 Å². The predicted molar refractivity (Wildman–Crippen MR) is 127 cm³/mol. The van der Waals surface area contributed by atoms with E-state index >= 15 is 0 Å². The summed E-state index contributed by atoms with van der Waals surface area (Å²) in [6.45, 7) is 3.12. The zero-order valence-corrected chi connectivity index (χ0v) is 18.9. The van der Waals surface area contributed by atoms with Crippen LogP contribution in [0.15, 0.2) is 36.7 Å². The SMILES string of the molecule is Cn1cc(CNCCC(=O)Nc2sc3c(c2-c2nc4ccccc4s2)CCNC3)cn1. The van der Waals surface area contributed by atoms with Crippen molar-refractivity contribution >= 4 is 43.8 Å². The van der Waals surface area contributed by atoms with E-state index in [1.54, 1.807) is 27.4 Å². The number of nitrogens with one attached hydrogen (secondary N) is 3. The maximum Gasteiger partial charge on any atom is 0.226 e. The van der Waals surface area contributed by atoms with Crippen molar-refractivity contribution in [1.29, 1.82) is 0 Å². The molecule has 3 aromatic heterocycles. The Morgan fingerprint density at radius 3 is 3.03 bits per heavy atom. The highest BCUT2D eigenvalue weighted by Crippen LogP contribution is 2.44. The molecule has 0 fully saturated rings. The largest absolute Gasteiger partial charge is 0.317 e. The van der Waals surface area contributed by atoms with E-state index < -0.39 is 0 Å². The molecule has 4 heterocycles. The highest BCUT2D eigenvalue weighted by Gasteiger charge is 2.25. The van der Waals surface area contributed by atoms with Crippen LogP contribution in [0.4, 0.5) is 5.00 Å². The molecule has 7 nitrogen and oxygen atoms in total. The normalized spacial score (nSPS) is 13.5. The summed E-state index contributed by atoms with van der Waals surface area (Å²) in [6, 6.07) is 8.20. The second-order valence-corrected chi connectivity index (χ2v) is 9.75. The van der Waals surface area contributed by atoms with Crippen molar-refractivity contribution in [2.24, 2.45) is 7.05 Å². The van der Waals surface area contributed by atoms with Crippen LogP contribution in [0.3, 0.4) is 0 Å². The number of carbonyl (C=O) groups excluding carboxylic acids is 1. The minimum atomic E-state index is 0.0209. The van der Waals surface area contributed by atoms with Gasteiger partial charge in [0.15, 0.2) is 0 Å². The maximum atomic E-state index is 12.7. The van der Waals surface area contributed by atoms with E-state index in [-0.39, 0.29) is 5.91 Å². The van der Waals surface area contributed by atoms with Crippen LogP contribution in [-0.2, 0) is 31.4 Å². The molecule has 9 heteroatoms. The minimum Gasteiger partial charge on any atom is -0.317 e. The van der Waals surface area contributed by atoms with Gasteiger partial charge in [-0.05, 0) is 30.7 Å². The van der Waals surface area contributed by atoms with Crippen molar-refractivity contribution in [2.45, 2.75) is 25.9 Å². The smallest absolute Gasteiger partial charge is 0.226 e. The van der Waals surface area contributed by atoms with Gasteiger partial charge in [-0.1, -0.05) is 12.1 Å². The fourth-order valence-corrected chi connectivity index (χ4v) is 6.16. The molecule has 0 spiro atoms.